The van der Waals surface area contributed by atoms with Crippen LogP contribution in [0.2, 0.25) is 0 Å². The lowest BCUT2D eigenvalue weighted by atomic mass is 9.88. The molecule has 2 heterocycles. The van der Waals surface area contributed by atoms with Crippen molar-refractivity contribution in [3.05, 3.63) is 91.6 Å². The van der Waals surface area contributed by atoms with E-state index in [4.69, 9.17) is 0 Å². The molecule has 3 aromatic rings. The molecule has 1 saturated heterocycles. The summed E-state index contributed by atoms with van der Waals surface area (Å²) in [6.45, 7) is 8.31. The lowest BCUT2D eigenvalue weighted by Gasteiger charge is -2.31. The Bertz CT molecular complexity index is 1850. The topological polar surface area (TPSA) is 91.6 Å². The highest BCUT2D eigenvalue weighted by molar-refractivity contribution is 5.82. The number of carboxylic acid groups (broad SMARTS) is 1. The van der Waals surface area contributed by atoms with E-state index >= 15 is 8.78 Å². The number of rotatable bonds is 13. The zero-order chi connectivity index (χ0) is 36.7. The fraction of sp³-hybridized carbons (Fsp3) is 0.486. The van der Waals surface area contributed by atoms with Crippen molar-refractivity contribution in [2.75, 3.05) is 19.6 Å². The Labute approximate surface area is 286 Å². The molecule has 2 aliphatic rings. The minimum atomic E-state index is -4.83. The van der Waals surface area contributed by atoms with Crippen LogP contribution >= 0.6 is 0 Å². The van der Waals surface area contributed by atoms with Gasteiger partial charge in [-0.15, -0.1) is 0 Å². The second-order valence-corrected chi connectivity index (χ2v) is 13.9. The first-order chi connectivity index (χ1) is 23.5. The molecule has 50 heavy (non-hydrogen) atoms. The average Bonchev–Trinajstić information content (AvgIpc) is 3.83. The van der Waals surface area contributed by atoms with Gasteiger partial charge in [-0.05, 0) is 111 Å². The first-order valence-electron chi connectivity index (χ1n) is 16.8. The number of likely N-dealkylation sites (tertiary alicyclic amines) is 1. The molecule has 1 aromatic heterocycles. The molecule has 270 valence electrons. The number of carbonyl (C=O) groups excluding carboxylic acids is 1. The van der Waals surface area contributed by atoms with Gasteiger partial charge in [0.2, 0.25) is 5.91 Å². The van der Waals surface area contributed by atoms with Gasteiger partial charge in [-0.3, -0.25) is 14.4 Å². The van der Waals surface area contributed by atoms with E-state index in [0.717, 1.165) is 30.3 Å². The summed E-state index contributed by atoms with van der Waals surface area (Å²) in [6.07, 6.45) is -2.76. The standard InChI is InChI=1S/C37H41F6N3O4/c1-19(2)14-29(46-18-23(10-13-45-11-5-12-45)26(16-30(46)47)37(41,42)43)36(50)44-28(17-31(48)49)33-34(39)24(22-7-8-22)15-25(35(33)40)32-20(3)6-9-27(38)21(32)4/h6,9,15-16,18-19,22,28-29H,5,7-8,10-14,17H2,1-4H3,(H,44,50)(H,48,49). The molecular weight excluding hydrogens is 664 g/mol. The van der Waals surface area contributed by atoms with Crippen LogP contribution in [0.15, 0.2) is 35.3 Å². The van der Waals surface area contributed by atoms with E-state index in [1.165, 1.54) is 25.1 Å². The average molecular weight is 706 g/mol. The van der Waals surface area contributed by atoms with Crippen LogP contribution in [0, 0.1) is 37.2 Å². The van der Waals surface area contributed by atoms with Gasteiger partial charge in [0.1, 0.15) is 23.5 Å². The van der Waals surface area contributed by atoms with Crippen LogP contribution in [-0.2, 0) is 22.2 Å². The van der Waals surface area contributed by atoms with E-state index in [1.54, 1.807) is 20.8 Å². The van der Waals surface area contributed by atoms with Gasteiger partial charge in [-0.1, -0.05) is 19.9 Å². The zero-order valence-corrected chi connectivity index (χ0v) is 28.4. The number of amides is 1. The van der Waals surface area contributed by atoms with Gasteiger partial charge in [0.05, 0.1) is 18.0 Å². The summed E-state index contributed by atoms with van der Waals surface area (Å²) >= 11 is 0. The maximum absolute atomic E-state index is 16.6. The lowest BCUT2D eigenvalue weighted by Crippen LogP contribution is -2.41. The van der Waals surface area contributed by atoms with Crippen molar-refractivity contribution >= 4 is 11.9 Å². The highest BCUT2D eigenvalue weighted by Gasteiger charge is 2.38. The predicted octanol–water partition coefficient (Wildman–Crippen LogP) is 7.61. The second-order valence-electron chi connectivity index (χ2n) is 13.9. The van der Waals surface area contributed by atoms with Gasteiger partial charge in [-0.25, -0.2) is 13.2 Å². The number of aromatic nitrogens is 1. The molecule has 0 bridgehead atoms. The molecule has 2 unspecified atom stereocenters. The molecule has 2 aromatic carbocycles. The van der Waals surface area contributed by atoms with E-state index in [2.05, 4.69) is 5.32 Å². The Kier molecular flexibility index (Phi) is 10.9. The molecule has 0 spiro atoms. The van der Waals surface area contributed by atoms with Crippen LogP contribution in [0.4, 0.5) is 26.3 Å². The van der Waals surface area contributed by atoms with Gasteiger partial charge in [-0.2, -0.15) is 13.2 Å². The van der Waals surface area contributed by atoms with E-state index in [-0.39, 0.29) is 52.5 Å². The molecule has 1 amide bonds. The van der Waals surface area contributed by atoms with E-state index in [0.29, 0.717) is 31.0 Å². The van der Waals surface area contributed by atoms with Crippen molar-refractivity contribution in [1.29, 1.82) is 0 Å². The number of benzene rings is 2. The third kappa shape index (κ3) is 7.92. The minimum Gasteiger partial charge on any atom is -0.481 e. The number of hydrogen-bond acceptors (Lipinski definition) is 4. The molecule has 2 N–H and O–H groups in total. The molecule has 2 atom stereocenters. The third-order valence-electron chi connectivity index (χ3n) is 9.65. The number of pyridine rings is 1. The largest absolute Gasteiger partial charge is 0.481 e. The van der Waals surface area contributed by atoms with Gasteiger partial charge < -0.3 is 19.9 Å². The van der Waals surface area contributed by atoms with Crippen molar-refractivity contribution in [3.63, 3.8) is 0 Å². The first kappa shape index (κ1) is 37.1. The summed E-state index contributed by atoms with van der Waals surface area (Å²) in [5.74, 6) is -5.89. The maximum atomic E-state index is 16.6. The maximum Gasteiger partial charge on any atom is 0.416 e. The molecule has 5 rings (SSSR count). The number of aliphatic carboxylic acids is 1. The summed E-state index contributed by atoms with van der Waals surface area (Å²) in [5, 5.41) is 12.3. The van der Waals surface area contributed by atoms with Crippen LogP contribution in [0.5, 0.6) is 0 Å². The number of aryl methyl sites for hydroxylation is 1. The normalized spacial score (nSPS) is 16.3. The minimum absolute atomic E-state index is 0.0428. The van der Waals surface area contributed by atoms with E-state index in [1.807, 2.05) is 4.90 Å². The highest BCUT2D eigenvalue weighted by Crippen LogP contribution is 2.46. The number of halogens is 6. The number of carboxylic acids is 1. The van der Waals surface area contributed by atoms with Crippen LogP contribution < -0.4 is 10.9 Å². The Balaban J connectivity index is 1.61. The summed E-state index contributed by atoms with van der Waals surface area (Å²) in [4.78, 5) is 41.4. The smallest absolute Gasteiger partial charge is 0.416 e. The molecule has 1 aliphatic heterocycles. The van der Waals surface area contributed by atoms with Gasteiger partial charge >= 0.3 is 12.1 Å². The van der Waals surface area contributed by atoms with Gasteiger partial charge in [0, 0.05) is 29.9 Å². The number of nitrogens with zero attached hydrogens (tertiary/aromatic N) is 2. The summed E-state index contributed by atoms with van der Waals surface area (Å²) in [5.41, 5.74) is -2.40. The molecule has 1 aliphatic carbocycles. The monoisotopic (exact) mass is 705 g/mol. The van der Waals surface area contributed by atoms with Crippen LogP contribution in [0.25, 0.3) is 11.1 Å². The Morgan fingerprint density at radius 1 is 1.04 bits per heavy atom. The molecule has 0 radical (unpaired) electrons. The Hall–Kier alpha value is -4.13. The molecule has 1 saturated carbocycles. The highest BCUT2D eigenvalue weighted by atomic mass is 19.4. The van der Waals surface area contributed by atoms with Gasteiger partial charge in [0.15, 0.2) is 0 Å². The van der Waals surface area contributed by atoms with Crippen molar-refractivity contribution in [3.8, 4) is 11.1 Å². The van der Waals surface area contributed by atoms with Crippen molar-refractivity contribution in [2.24, 2.45) is 5.92 Å². The quantitative estimate of drug-likeness (QED) is 0.179. The fourth-order valence-electron chi connectivity index (χ4n) is 6.74. The van der Waals surface area contributed by atoms with Crippen molar-refractivity contribution in [2.45, 2.75) is 90.4 Å². The number of hydrogen-bond donors (Lipinski definition) is 2. The van der Waals surface area contributed by atoms with E-state index < -0.39 is 70.7 Å². The lowest BCUT2D eigenvalue weighted by molar-refractivity contribution is -0.139. The second kappa shape index (κ2) is 14.6. The SMILES string of the molecule is Cc1ccc(F)c(C)c1-c1cc(C2CC2)c(F)c(C(CC(=O)O)NC(=O)C(CC(C)C)n2cc(CCN3CCC3)c(C(F)(F)F)cc2=O)c1F. The van der Waals surface area contributed by atoms with Crippen LogP contribution in [-0.4, -0.2) is 46.1 Å². The van der Waals surface area contributed by atoms with Gasteiger partial charge in [0.25, 0.3) is 5.56 Å². The van der Waals surface area contributed by atoms with Crippen LogP contribution in [0.1, 0.15) is 97.3 Å². The Morgan fingerprint density at radius 3 is 2.28 bits per heavy atom. The summed E-state index contributed by atoms with van der Waals surface area (Å²) in [7, 11) is 0. The molecule has 13 heteroatoms. The number of nitrogens with one attached hydrogen (secondary N) is 1. The van der Waals surface area contributed by atoms with Crippen LogP contribution in [0.3, 0.4) is 0 Å². The third-order valence-corrected chi connectivity index (χ3v) is 9.65. The van der Waals surface area contributed by atoms with E-state index in [9.17, 15) is 37.1 Å². The van der Waals surface area contributed by atoms with Crippen molar-refractivity contribution in [1.82, 2.24) is 14.8 Å². The zero-order valence-electron chi connectivity index (χ0n) is 28.4. The molecule has 2 fully saturated rings. The Morgan fingerprint density at radius 2 is 1.72 bits per heavy atom. The van der Waals surface area contributed by atoms with Crippen molar-refractivity contribution < 1.29 is 41.0 Å². The molecular formula is C37H41F6N3O4. The fourth-order valence-corrected chi connectivity index (χ4v) is 6.74. The first-order valence-corrected chi connectivity index (χ1v) is 16.8. The summed E-state index contributed by atoms with van der Waals surface area (Å²) in [6, 6.07) is 1.22. The number of alkyl halides is 3. The molecule has 7 nitrogen and oxygen atoms in total. The summed E-state index contributed by atoms with van der Waals surface area (Å²) < 4.78 is 90.7. The predicted molar refractivity (Wildman–Crippen MR) is 175 cm³/mol. The number of carbonyl (C=O) groups is 2.